The summed E-state index contributed by atoms with van der Waals surface area (Å²) in [7, 11) is 0. The van der Waals surface area contributed by atoms with Gasteiger partial charge in [-0.1, -0.05) is 18.2 Å². The van der Waals surface area contributed by atoms with Crippen LogP contribution in [0.5, 0.6) is 5.75 Å². The molecule has 3 aromatic rings. The van der Waals surface area contributed by atoms with E-state index in [-0.39, 0.29) is 5.91 Å². The first-order valence-corrected chi connectivity index (χ1v) is 12.2. The lowest BCUT2D eigenvalue weighted by atomic mass is 10.0. The summed E-state index contributed by atoms with van der Waals surface area (Å²) >= 11 is 1.42. The summed E-state index contributed by atoms with van der Waals surface area (Å²) in [4.78, 5) is 19.8. The zero-order valence-corrected chi connectivity index (χ0v) is 20.0. The molecule has 2 aliphatic rings. The quantitative estimate of drug-likeness (QED) is 0.506. The molecule has 0 spiro atoms. The number of nitrogens with zero attached hydrogens (tertiary/aromatic N) is 4. The lowest BCUT2D eigenvalue weighted by molar-refractivity contribution is -0.113. The zero-order chi connectivity index (χ0) is 23.5. The van der Waals surface area contributed by atoms with Crippen LogP contribution < -0.4 is 4.74 Å². The van der Waals surface area contributed by atoms with E-state index in [1.54, 1.807) is 0 Å². The average Bonchev–Trinajstić information content (AvgIpc) is 3.44. The minimum absolute atomic E-state index is 0.215. The van der Waals surface area contributed by atoms with E-state index in [4.69, 9.17) is 14.6 Å². The highest BCUT2D eigenvalue weighted by atomic mass is 32.2. The maximum absolute atomic E-state index is 12.8. The van der Waals surface area contributed by atoms with Gasteiger partial charge in [-0.3, -0.25) is 4.79 Å². The van der Waals surface area contributed by atoms with Crippen LogP contribution in [0.25, 0.3) is 23.0 Å². The summed E-state index contributed by atoms with van der Waals surface area (Å²) in [6, 6.07) is 16.0. The van der Waals surface area contributed by atoms with E-state index in [0.717, 1.165) is 52.1 Å². The van der Waals surface area contributed by atoms with Gasteiger partial charge in [-0.05, 0) is 67.6 Å². The Morgan fingerprint density at radius 2 is 1.94 bits per heavy atom. The largest absolute Gasteiger partial charge is 0.494 e. The van der Waals surface area contributed by atoms with Crippen molar-refractivity contribution in [1.29, 1.82) is 0 Å². The molecule has 1 aromatic heterocycles. The predicted molar refractivity (Wildman–Crippen MR) is 135 cm³/mol. The van der Waals surface area contributed by atoms with Gasteiger partial charge in [-0.15, -0.1) is 0 Å². The van der Waals surface area contributed by atoms with Gasteiger partial charge in [-0.2, -0.15) is 10.1 Å². The zero-order valence-electron chi connectivity index (χ0n) is 19.2. The highest BCUT2D eigenvalue weighted by molar-refractivity contribution is 8.18. The fourth-order valence-electron chi connectivity index (χ4n) is 4.00. The fraction of sp³-hybridized carbons (Fsp3) is 0.269. The van der Waals surface area contributed by atoms with E-state index in [1.807, 2.05) is 79.3 Å². The molecule has 2 aliphatic heterocycles. The first kappa shape index (κ1) is 22.4. The molecule has 0 saturated carbocycles. The van der Waals surface area contributed by atoms with Crippen LogP contribution in [0, 0.1) is 6.92 Å². The first-order valence-electron chi connectivity index (χ1n) is 11.4. The smallest absolute Gasteiger partial charge is 0.286 e. The van der Waals surface area contributed by atoms with Crippen LogP contribution in [0.1, 0.15) is 18.1 Å². The molecule has 0 bridgehead atoms. The average molecular weight is 475 g/mol. The van der Waals surface area contributed by atoms with Gasteiger partial charge in [0.2, 0.25) is 0 Å². The molecule has 34 heavy (non-hydrogen) atoms. The number of carbonyl (C=O) groups is 1. The molecule has 8 heteroatoms. The first-order chi connectivity index (χ1) is 16.6. The Morgan fingerprint density at radius 1 is 1.15 bits per heavy atom. The number of amidine groups is 1. The van der Waals surface area contributed by atoms with Gasteiger partial charge in [0.15, 0.2) is 5.17 Å². The van der Waals surface area contributed by atoms with Gasteiger partial charge in [0.25, 0.3) is 5.91 Å². The van der Waals surface area contributed by atoms with Crippen LogP contribution >= 0.6 is 11.8 Å². The third-order valence-corrected chi connectivity index (χ3v) is 6.75. The third kappa shape index (κ3) is 4.64. The lowest BCUT2D eigenvalue weighted by Crippen LogP contribution is -2.38. The predicted octanol–water partition coefficient (Wildman–Crippen LogP) is 4.55. The van der Waals surface area contributed by atoms with Gasteiger partial charge < -0.3 is 14.4 Å². The Labute approximate surface area is 203 Å². The molecule has 7 nitrogen and oxygen atoms in total. The molecule has 0 unspecified atom stereocenters. The Kier molecular flexibility index (Phi) is 6.51. The number of aromatic nitrogens is 2. The minimum Gasteiger partial charge on any atom is -0.494 e. The number of para-hydroxylation sites is 1. The summed E-state index contributed by atoms with van der Waals surface area (Å²) < 4.78 is 12.9. The van der Waals surface area contributed by atoms with Crippen molar-refractivity contribution < 1.29 is 14.3 Å². The summed E-state index contributed by atoms with van der Waals surface area (Å²) in [6.07, 6.45) is 3.87. The topological polar surface area (TPSA) is 68.9 Å². The highest BCUT2D eigenvalue weighted by Gasteiger charge is 2.28. The lowest BCUT2D eigenvalue weighted by Gasteiger charge is -2.27. The second-order valence-corrected chi connectivity index (χ2v) is 9.04. The summed E-state index contributed by atoms with van der Waals surface area (Å²) in [5.74, 6) is 0.615. The Bertz CT molecular complexity index is 1260. The van der Waals surface area contributed by atoms with Crippen molar-refractivity contribution in [2.24, 2.45) is 4.99 Å². The molecular formula is C26H26N4O3S. The Hall–Kier alpha value is -3.36. The van der Waals surface area contributed by atoms with Crippen LogP contribution in [0.4, 0.5) is 0 Å². The van der Waals surface area contributed by atoms with Crippen molar-refractivity contribution >= 4 is 28.9 Å². The number of thioether (sulfide) groups is 1. The van der Waals surface area contributed by atoms with Crippen molar-refractivity contribution in [1.82, 2.24) is 14.7 Å². The highest BCUT2D eigenvalue weighted by Crippen LogP contribution is 2.35. The van der Waals surface area contributed by atoms with Crippen molar-refractivity contribution in [3.8, 4) is 22.7 Å². The minimum atomic E-state index is -0.215. The van der Waals surface area contributed by atoms with E-state index in [1.165, 1.54) is 11.8 Å². The Morgan fingerprint density at radius 3 is 2.68 bits per heavy atom. The van der Waals surface area contributed by atoms with Gasteiger partial charge in [-0.25, -0.2) is 4.68 Å². The van der Waals surface area contributed by atoms with Crippen LogP contribution in [-0.2, 0) is 9.53 Å². The molecular weight excluding hydrogens is 448 g/mol. The van der Waals surface area contributed by atoms with Crippen molar-refractivity contribution in [2.45, 2.75) is 13.8 Å². The van der Waals surface area contributed by atoms with Crippen molar-refractivity contribution in [3.05, 3.63) is 70.8 Å². The molecule has 1 fully saturated rings. The molecule has 0 aliphatic carbocycles. The molecule has 0 radical (unpaired) electrons. The number of amides is 1. The number of hydrogen-bond acceptors (Lipinski definition) is 6. The van der Waals surface area contributed by atoms with Gasteiger partial charge >= 0.3 is 0 Å². The maximum Gasteiger partial charge on any atom is 0.286 e. The number of benzene rings is 2. The summed E-state index contributed by atoms with van der Waals surface area (Å²) in [5.41, 5.74) is 4.68. The van der Waals surface area contributed by atoms with Gasteiger partial charge in [0.1, 0.15) is 11.4 Å². The van der Waals surface area contributed by atoms with Crippen LogP contribution in [0.3, 0.4) is 0 Å². The van der Waals surface area contributed by atoms with E-state index in [2.05, 4.69) is 9.89 Å². The number of carbonyl (C=O) groups excluding carboxylic acids is 1. The molecule has 3 heterocycles. The van der Waals surface area contributed by atoms with Crippen molar-refractivity contribution in [3.63, 3.8) is 0 Å². The molecule has 0 N–H and O–H groups in total. The van der Waals surface area contributed by atoms with Gasteiger partial charge in [0, 0.05) is 30.4 Å². The van der Waals surface area contributed by atoms with Crippen molar-refractivity contribution in [2.75, 3.05) is 32.9 Å². The van der Waals surface area contributed by atoms with E-state index < -0.39 is 0 Å². The van der Waals surface area contributed by atoms with E-state index >= 15 is 0 Å². The van der Waals surface area contributed by atoms with Crippen LogP contribution in [0.15, 0.2) is 64.6 Å². The van der Waals surface area contributed by atoms with Gasteiger partial charge in [0.05, 0.1) is 30.4 Å². The van der Waals surface area contributed by atoms with E-state index in [0.29, 0.717) is 24.7 Å². The second-order valence-electron chi connectivity index (χ2n) is 8.03. The molecule has 174 valence electrons. The number of morpholine rings is 1. The van der Waals surface area contributed by atoms with Crippen LogP contribution in [-0.4, -0.2) is 58.7 Å². The SMILES string of the molecule is CCOc1ccc(-c2nn(-c3ccccc3)cc2/C=C2\SC(N3CCOCC3)=NC2=O)c(C)c1. The second kappa shape index (κ2) is 9.87. The summed E-state index contributed by atoms with van der Waals surface area (Å²) in [6.45, 7) is 7.42. The molecule has 5 rings (SSSR count). The summed E-state index contributed by atoms with van der Waals surface area (Å²) in [5, 5.41) is 5.65. The number of rotatable bonds is 5. The maximum atomic E-state index is 12.8. The Balaban J connectivity index is 1.53. The molecule has 2 aromatic carbocycles. The number of hydrogen-bond donors (Lipinski definition) is 0. The molecule has 0 atom stereocenters. The third-order valence-electron chi connectivity index (χ3n) is 5.70. The number of aryl methyl sites for hydroxylation is 1. The standard InChI is InChI=1S/C26H26N4O3S/c1-3-33-21-9-10-22(18(2)15-21)24-19(17-30(28-24)20-7-5-4-6-8-20)16-23-25(31)27-26(34-23)29-11-13-32-14-12-29/h4-10,15-17H,3,11-14H2,1-2H3/b23-16-. The van der Waals surface area contributed by atoms with Crippen LogP contribution in [0.2, 0.25) is 0 Å². The van der Waals surface area contributed by atoms with E-state index in [9.17, 15) is 4.79 Å². The number of ether oxygens (including phenoxy) is 2. The molecule has 1 amide bonds. The normalized spacial score (nSPS) is 17.4. The molecule has 1 saturated heterocycles. The number of aliphatic imine (C=N–C) groups is 1. The monoisotopic (exact) mass is 474 g/mol. The fourth-order valence-corrected chi connectivity index (χ4v) is 4.96.